The number of nitro groups is 1. The van der Waals surface area contributed by atoms with Gasteiger partial charge in [-0.05, 0) is 30.4 Å². The van der Waals surface area contributed by atoms with Gasteiger partial charge >= 0.3 is 5.88 Å². The van der Waals surface area contributed by atoms with Gasteiger partial charge in [0.1, 0.15) is 10.7 Å². The van der Waals surface area contributed by atoms with Crippen molar-refractivity contribution in [1.29, 1.82) is 0 Å². The molecule has 0 atom stereocenters. The summed E-state index contributed by atoms with van der Waals surface area (Å²) in [7, 11) is 0. The first-order valence-electron chi connectivity index (χ1n) is 4.31. The van der Waals surface area contributed by atoms with Crippen LogP contribution in [0.1, 0.15) is 11.5 Å². The van der Waals surface area contributed by atoms with Gasteiger partial charge in [0.15, 0.2) is 0 Å². The summed E-state index contributed by atoms with van der Waals surface area (Å²) < 4.78 is 4.94. The van der Waals surface area contributed by atoms with E-state index >= 15 is 0 Å². The van der Waals surface area contributed by atoms with E-state index in [1.807, 2.05) is 12.1 Å². The fourth-order valence-electron chi connectivity index (χ4n) is 1.15. The molecule has 15 heavy (non-hydrogen) atoms. The number of aromatic amines is 1. The van der Waals surface area contributed by atoms with E-state index in [-0.39, 0.29) is 5.88 Å². The molecule has 0 fully saturated rings. The van der Waals surface area contributed by atoms with Crippen molar-refractivity contribution in [2.75, 3.05) is 0 Å². The fraction of sp³-hybridized carbons (Fsp3) is 0. The Morgan fingerprint density at radius 2 is 2.20 bits per heavy atom. The fourth-order valence-corrected chi connectivity index (χ4v) is 1.15. The number of hydrogen-bond acceptors (Lipinski definition) is 3. The summed E-state index contributed by atoms with van der Waals surface area (Å²) in [5, 5.41) is 10.3. The summed E-state index contributed by atoms with van der Waals surface area (Å²) in [4.78, 5) is 12.7. The standard InChI is InChI=1S/C10H8N2O3/c13-12(14)10-6-5-9(15-10)4-3-8-2-1-7-11-8/h1-7,11H. The molecule has 0 aromatic carbocycles. The van der Waals surface area contributed by atoms with E-state index < -0.39 is 4.92 Å². The minimum atomic E-state index is -0.564. The summed E-state index contributed by atoms with van der Waals surface area (Å²) in [5.41, 5.74) is 0.911. The SMILES string of the molecule is O=[N+]([O-])c1ccc(C=Cc2ccc[nH]2)o1. The molecule has 0 unspecified atom stereocenters. The van der Waals surface area contributed by atoms with Gasteiger partial charge in [0.2, 0.25) is 0 Å². The maximum Gasteiger partial charge on any atom is 0.433 e. The van der Waals surface area contributed by atoms with Crippen LogP contribution in [0, 0.1) is 10.1 Å². The van der Waals surface area contributed by atoms with Crippen LogP contribution in [0.15, 0.2) is 34.9 Å². The van der Waals surface area contributed by atoms with Crippen molar-refractivity contribution in [3.05, 3.63) is 52.0 Å². The van der Waals surface area contributed by atoms with E-state index in [1.165, 1.54) is 6.07 Å². The highest BCUT2D eigenvalue weighted by molar-refractivity contribution is 5.65. The number of hydrogen-bond donors (Lipinski definition) is 1. The van der Waals surface area contributed by atoms with Crippen molar-refractivity contribution in [3.8, 4) is 0 Å². The summed E-state index contributed by atoms with van der Waals surface area (Å²) >= 11 is 0. The van der Waals surface area contributed by atoms with Gasteiger partial charge in [-0.3, -0.25) is 10.1 Å². The van der Waals surface area contributed by atoms with Gasteiger partial charge in [-0.25, -0.2) is 0 Å². The minimum Gasteiger partial charge on any atom is -0.401 e. The van der Waals surface area contributed by atoms with Gasteiger partial charge in [-0.1, -0.05) is 0 Å². The largest absolute Gasteiger partial charge is 0.433 e. The number of nitrogens with zero attached hydrogens (tertiary/aromatic N) is 1. The average molecular weight is 204 g/mol. The third kappa shape index (κ3) is 2.14. The minimum absolute atomic E-state index is 0.249. The Balaban J connectivity index is 2.14. The molecule has 0 aliphatic heterocycles. The van der Waals surface area contributed by atoms with E-state index in [2.05, 4.69) is 4.98 Å². The van der Waals surface area contributed by atoms with Crippen LogP contribution in [0.2, 0.25) is 0 Å². The molecule has 0 saturated carbocycles. The Morgan fingerprint density at radius 1 is 1.33 bits per heavy atom. The third-order valence-electron chi connectivity index (χ3n) is 1.84. The Kier molecular flexibility index (Phi) is 2.37. The number of aromatic nitrogens is 1. The summed E-state index contributed by atoms with van der Waals surface area (Å²) in [5.74, 6) is 0.206. The summed E-state index contributed by atoms with van der Waals surface area (Å²) in [6.07, 6.45) is 5.24. The second-order valence-electron chi connectivity index (χ2n) is 2.89. The molecule has 2 aromatic rings. The molecule has 1 N–H and O–H groups in total. The van der Waals surface area contributed by atoms with Crippen LogP contribution in [-0.2, 0) is 0 Å². The molecule has 2 heterocycles. The van der Waals surface area contributed by atoms with Crippen molar-refractivity contribution in [2.24, 2.45) is 0 Å². The van der Waals surface area contributed by atoms with Gasteiger partial charge < -0.3 is 9.40 Å². The maximum absolute atomic E-state index is 10.3. The molecule has 5 nitrogen and oxygen atoms in total. The topological polar surface area (TPSA) is 72.1 Å². The van der Waals surface area contributed by atoms with E-state index in [0.717, 1.165) is 5.69 Å². The van der Waals surface area contributed by atoms with Gasteiger partial charge in [0.25, 0.3) is 0 Å². The zero-order valence-corrected chi connectivity index (χ0v) is 7.71. The highest BCUT2D eigenvalue weighted by Crippen LogP contribution is 2.17. The van der Waals surface area contributed by atoms with Crippen LogP contribution in [0.4, 0.5) is 5.88 Å². The second-order valence-corrected chi connectivity index (χ2v) is 2.89. The number of rotatable bonds is 3. The van der Waals surface area contributed by atoms with Crippen LogP contribution < -0.4 is 0 Å². The first-order valence-corrected chi connectivity index (χ1v) is 4.31. The molecule has 2 aromatic heterocycles. The van der Waals surface area contributed by atoms with E-state index in [9.17, 15) is 10.1 Å². The maximum atomic E-state index is 10.3. The zero-order valence-electron chi connectivity index (χ0n) is 7.71. The van der Waals surface area contributed by atoms with E-state index in [0.29, 0.717) is 5.76 Å². The highest BCUT2D eigenvalue weighted by atomic mass is 16.6. The predicted octanol–water partition coefficient (Wildman–Crippen LogP) is 2.69. The van der Waals surface area contributed by atoms with E-state index in [1.54, 1.807) is 24.4 Å². The Labute approximate surface area is 85.2 Å². The van der Waals surface area contributed by atoms with Crippen LogP contribution in [0.3, 0.4) is 0 Å². The van der Waals surface area contributed by atoms with Crippen molar-refractivity contribution >= 4 is 18.0 Å². The molecule has 0 saturated heterocycles. The van der Waals surface area contributed by atoms with Gasteiger partial charge in [-0.15, -0.1) is 0 Å². The van der Waals surface area contributed by atoms with Gasteiger partial charge in [-0.2, -0.15) is 0 Å². The Bertz CT molecular complexity index is 483. The third-order valence-corrected chi connectivity index (χ3v) is 1.84. The smallest absolute Gasteiger partial charge is 0.401 e. The molecular formula is C10H8N2O3. The summed E-state index contributed by atoms with van der Waals surface area (Å²) in [6, 6.07) is 6.63. The lowest BCUT2D eigenvalue weighted by molar-refractivity contribution is -0.402. The number of H-pyrrole nitrogens is 1. The normalized spacial score (nSPS) is 10.9. The van der Waals surface area contributed by atoms with Crippen LogP contribution in [-0.4, -0.2) is 9.91 Å². The molecule has 5 heteroatoms. The van der Waals surface area contributed by atoms with Crippen LogP contribution >= 0.6 is 0 Å². The van der Waals surface area contributed by atoms with Crippen LogP contribution in [0.25, 0.3) is 12.2 Å². The lowest BCUT2D eigenvalue weighted by atomic mass is 10.3. The number of nitrogens with one attached hydrogen (secondary N) is 1. The summed E-state index contributed by atoms with van der Waals surface area (Å²) in [6.45, 7) is 0. The Morgan fingerprint density at radius 3 is 2.80 bits per heavy atom. The molecule has 0 aliphatic rings. The number of furan rings is 1. The quantitative estimate of drug-likeness (QED) is 0.617. The molecule has 0 radical (unpaired) electrons. The molecular weight excluding hydrogens is 196 g/mol. The van der Waals surface area contributed by atoms with Gasteiger partial charge in [0.05, 0.1) is 6.07 Å². The van der Waals surface area contributed by atoms with Crippen molar-refractivity contribution in [2.45, 2.75) is 0 Å². The van der Waals surface area contributed by atoms with Crippen molar-refractivity contribution < 1.29 is 9.34 Å². The average Bonchev–Trinajstić information content (AvgIpc) is 2.86. The molecule has 76 valence electrons. The lowest BCUT2D eigenvalue weighted by Gasteiger charge is -1.85. The highest BCUT2D eigenvalue weighted by Gasteiger charge is 2.09. The lowest BCUT2D eigenvalue weighted by Crippen LogP contribution is -1.82. The molecule has 0 bridgehead atoms. The monoisotopic (exact) mass is 204 g/mol. The van der Waals surface area contributed by atoms with E-state index in [4.69, 9.17) is 4.42 Å². The van der Waals surface area contributed by atoms with Crippen molar-refractivity contribution in [3.63, 3.8) is 0 Å². The van der Waals surface area contributed by atoms with Crippen LogP contribution in [0.5, 0.6) is 0 Å². The van der Waals surface area contributed by atoms with Gasteiger partial charge in [0, 0.05) is 11.9 Å². The first-order chi connectivity index (χ1) is 7.25. The van der Waals surface area contributed by atoms with Crippen molar-refractivity contribution in [1.82, 2.24) is 4.98 Å². The molecule has 0 aliphatic carbocycles. The molecule has 2 rings (SSSR count). The second kappa shape index (κ2) is 3.83. The molecule has 0 amide bonds. The zero-order chi connectivity index (χ0) is 10.7. The Hall–Kier alpha value is -2.30. The molecule has 0 spiro atoms. The predicted molar refractivity (Wildman–Crippen MR) is 55.1 cm³/mol. The first kappa shape index (κ1) is 9.26.